The third-order valence-electron chi connectivity index (χ3n) is 5.29. The number of carboxylic acid groups (broad SMARTS) is 1. The topological polar surface area (TPSA) is 95.5 Å². The van der Waals surface area contributed by atoms with Crippen molar-refractivity contribution in [1.29, 1.82) is 0 Å². The minimum atomic E-state index is -1.09. The summed E-state index contributed by atoms with van der Waals surface area (Å²) in [4.78, 5) is 38.1. The first-order valence-electron chi connectivity index (χ1n) is 10.7. The number of nitrogens with one attached hydrogen (secondary N) is 2. The lowest BCUT2D eigenvalue weighted by Crippen LogP contribution is -2.22. The third kappa shape index (κ3) is 6.01. The quantitative estimate of drug-likeness (QED) is 0.167. The molecule has 0 bridgehead atoms. The summed E-state index contributed by atoms with van der Waals surface area (Å²) in [5, 5.41) is 16.1. The van der Waals surface area contributed by atoms with E-state index in [2.05, 4.69) is 33.2 Å². The molecule has 2 amide bonds. The maximum atomic E-state index is 13.0. The van der Waals surface area contributed by atoms with Gasteiger partial charge in [-0.3, -0.25) is 9.59 Å². The van der Waals surface area contributed by atoms with Crippen molar-refractivity contribution in [2.45, 2.75) is 17.1 Å². The van der Waals surface area contributed by atoms with Gasteiger partial charge in [0, 0.05) is 30.8 Å². The van der Waals surface area contributed by atoms with Crippen molar-refractivity contribution >= 4 is 74.3 Å². The molecule has 0 aliphatic rings. The van der Waals surface area contributed by atoms with Gasteiger partial charge in [0.25, 0.3) is 5.91 Å². The molecule has 4 aromatic rings. The molecule has 1 unspecified atom stereocenters. The maximum absolute atomic E-state index is 13.0. The van der Waals surface area contributed by atoms with Crippen LogP contribution in [-0.4, -0.2) is 28.1 Å². The first kappa shape index (κ1) is 24.7. The zero-order valence-corrected chi connectivity index (χ0v) is 21.6. The fourth-order valence-electron chi connectivity index (χ4n) is 3.56. The Balaban J connectivity index is 1.43. The largest absolute Gasteiger partial charge is 0.478 e. The lowest BCUT2D eigenvalue weighted by molar-refractivity contribution is -0.115. The Labute approximate surface area is 220 Å². The molecule has 8 heteroatoms. The van der Waals surface area contributed by atoms with E-state index in [1.807, 2.05) is 43.3 Å². The van der Waals surface area contributed by atoms with Gasteiger partial charge in [-0.25, -0.2) is 4.79 Å². The van der Waals surface area contributed by atoms with Crippen LogP contribution in [0.25, 0.3) is 10.8 Å². The lowest BCUT2D eigenvalue weighted by Gasteiger charge is -2.13. The average molecular weight is 596 g/mol. The molecule has 0 aromatic heterocycles. The summed E-state index contributed by atoms with van der Waals surface area (Å²) in [6, 6.07) is 24.8. The molecule has 4 aromatic carbocycles. The first-order valence-corrected chi connectivity index (χ1v) is 12.7. The molecule has 0 heterocycles. The number of carboxylic acids is 1. The fourth-order valence-corrected chi connectivity index (χ4v) is 4.79. The highest BCUT2D eigenvalue weighted by Crippen LogP contribution is 2.27. The van der Waals surface area contributed by atoms with Crippen molar-refractivity contribution in [3.8, 4) is 0 Å². The van der Waals surface area contributed by atoms with E-state index in [9.17, 15) is 19.5 Å². The summed E-state index contributed by atoms with van der Waals surface area (Å²) >= 11 is 3.63. The monoisotopic (exact) mass is 596 g/mol. The van der Waals surface area contributed by atoms with Crippen LogP contribution in [0.2, 0.25) is 0 Å². The van der Waals surface area contributed by atoms with Crippen LogP contribution in [0.1, 0.15) is 27.6 Å². The van der Waals surface area contributed by atoms with Crippen molar-refractivity contribution in [1.82, 2.24) is 0 Å². The summed E-state index contributed by atoms with van der Waals surface area (Å²) in [7, 11) is 0. The van der Waals surface area contributed by atoms with Crippen molar-refractivity contribution in [3.05, 3.63) is 99.6 Å². The molecule has 4 rings (SSSR count). The number of amides is 2. The number of hydrogen-bond donors (Lipinski definition) is 3. The predicted octanol–water partition coefficient (Wildman–Crippen LogP) is 6.51. The van der Waals surface area contributed by atoms with Gasteiger partial charge in [0.05, 0.1) is 10.8 Å². The van der Waals surface area contributed by atoms with Crippen LogP contribution in [0.4, 0.5) is 11.4 Å². The van der Waals surface area contributed by atoms with Gasteiger partial charge < -0.3 is 15.7 Å². The Morgan fingerprint density at radius 2 is 1.37 bits per heavy atom. The number of halogens is 1. The minimum absolute atomic E-state index is 0.0810. The second kappa shape index (κ2) is 10.9. The highest BCUT2D eigenvalue weighted by molar-refractivity contribution is 14.1. The van der Waals surface area contributed by atoms with Gasteiger partial charge in [0.1, 0.15) is 0 Å². The van der Waals surface area contributed by atoms with Gasteiger partial charge in [-0.15, -0.1) is 11.8 Å². The van der Waals surface area contributed by atoms with Gasteiger partial charge in [0.2, 0.25) is 5.91 Å². The van der Waals surface area contributed by atoms with E-state index in [0.29, 0.717) is 22.0 Å². The molecule has 0 aliphatic carbocycles. The van der Waals surface area contributed by atoms with Gasteiger partial charge >= 0.3 is 5.97 Å². The van der Waals surface area contributed by atoms with Crippen molar-refractivity contribution in [2.24, 2.45) is 0 Å². The normalized spacial score (nSPS) is 11.6. The molecule has 1 atom stereocenters. The number of rotatable bonds is 7. The first-order chi connectivity index (χ1) is 16.8. The summed E-state index contributed by atoms with van der Waals surface area (Å²) in [5.74, 6) is -1.58. The SMILES string of the molecule is CC(Sc1ccc(NC(=O)c2cccc3cccc(C(=O)O)c23)cc1)C(=O)Nc1ccc(I)cc1. The average Bonchev–Trinajstić information content (AvgIpc) is 2.85. The molecule has 0 aliphatic heterocycles. The molecule has 0 fully saturated rings. The van der Waals surface area contributed by atoms with Crippen LogP contribution >= 0.6 is 34.4 Å². The number of thioether (sulfide) groups is 1. The molecule has 3 N–H and O–H groups in total. The molecule has 176 valence electrons. The number of aromatic carboxylic acids is 1. The molecular formula is C27H21IN2O4S. The summed E-state index contributed by atoms with van der Waals surface area (Å²) in [6.45, 7) is 1.84. The number of anilines is 2. The minimum Gasteiger partial charge on any atom is -0.478 e. The van der Waals surface area contributed by atoms with Crippen LogP contribution in [-0.2, 0) is 4.79 Å². The Hall–Kier alpha value is -3.37. The van der Waals surface area contributed by atoms with E-state index in [1.165, 1.54) is 17.8 Å². The van der Waals surface area contributed by atoms with Gasteiger partial charge in [0.15, 0.2) is 0 Å². The Morgan fingerprint density at radius 1 is 0.800 bits per heavy atom. The Morgan fingerprint density at radius 3 is 2.00 bits per heavy atom. The van der Waals surface area contributed by atoms with Gasteiger partial charge in [-0.2, -0.15) is 0 Å². The number of carbonyl (C=O) groups is 3. The van der Waals surface area contributed by atoms with E-state index in [0.717, 1.165) is 14.2 Å². The molecule has 35 heavy (non-hydrogen) atoms. The molecule has 6 nitrogen and oxygen atoms in total. The molecule has 0 radical (unpaired) electrons. The van der Waals surface area contributed by atoms with E-state index >= 15 is 0 Å². The summed E-state index contributed by atoms with van der Waals surface area (Å²) in [6.07, 6.45) is 0. The number of fused-ring (bicyclic) bond motifs is 1. The van der Waals surface area contributed by atoms with E-state index < -0.39 is 11.9 Å². The molecule has 0 saturated carbocycles. The van der Waals surface area contributed by atoms with Crippen LogP contribution in [0.5, 0.6) is 0 Å². The number of hydrogen-bond acceptors (Lipinski definition) is 4. The van der Waals surface area contributed by atoms with E-state index in [4.69, 9.17) is 0 Å². The zero-order chi connectivity index (χ0) is 24.9. The fraction of sp³-hybridized carbons (Fsp3) is 0.0741. The lowest BCUT2D eigenvalue weighted by atomic mass is 9.98. The molecular weight excluding hydrogens is 575 g/mol. The number of carbonyl (C=O) groups excluding carboxylic acids is 2. The molecule has 0 spiro atoms. The standard InChI is InChI=1S/C27H21IN2O4S/c1-16(25(31)29-19-10-8-18(28)9-11-19)35-21-14-12-20(13-15-21)30-26(32)22-6-2-4-17-5-3-7-23(24(17)22)27(33)34/h2-16H,1H3,(H,29,31)(H,30,32)(H,33,34). The maximum Gasteiger partial charge on any atom is 0.336 e. The van der Waals surface area contributed by atoms with E-state index in [1.54, 1.807) is 42.5 Å². The van der Waals surface area contributed by atoms with Gasteiger partial charge in [-0.1, -0.05) is 24.3 Å². The van der Waals surface area contributed by atoms with Crippen molar-refractivity contribution in [3.63, 3.8) is 0 Å². The van der Waals surface area contributed by atoms with Gasteiger partial charge in [-0.05, 0) is 95.6 Å². The van der Waals surface area contributed by atoms with Crippen molar-refractivity contribution in [2.75, 3.05) is 10.6 Å². The van der Waals surface area contributed by atoms with Crippen LogP contribution in [0.3, 0.4) is 0 Å². The Kier molecular flexibility index (Phi) is 7.72. The highest BCUT2D eigenvalue weighted by Gasteiger charge is 2.17. The predicted molar refractivity (Wildman–Crippen MR) is 148 cm³/mol. The smallest absolute Gasteiger partial charge is 0.336 e. The highest BCUT2D eigenvalue weighted by atomic mass is 127. The summed E-state index contributed by atoms with van der Waals surface area (Å²) in [5.41, 5.74) is 1.69. The van der Waals surface area contributed by atoms with Crippen LogP contribution < -0.4 is 10.6 Å². The zero-order valence-electron chi connectivity index (χ0n) is 18.6. The van der Waals surface area contributed by atoms with Crippen LogP contribution in [0.15, 0.2) is 89.8 Å². The third-order valence-corrected chi connectivity index (χ3v) is 7.12. The second-order valence-electron chi connectivity index (χ2n) is 7.75. The van der Waals surface area contributed by atoms with Crippen LogP contribution in [0, 0.1) is 3.57 Å². The number of benzene rings is 4. The van der Waals surface area contributed by atoms with E-state index in [-0.39, 0.29) is 16.7 Å². The second-order valence-corrected chi connectivity index (χ2v) is 10.4. The Bertz CT molecular complexity index is 1400. The molecule has 0 saturated heterocycles. The summed E-state index contributed by atoms with van der Waals surface area (Å²) < 4.78 is 1.10. The van der Waals surface area contributed by atoms with Crippen molar-refractivity contribution < 1.29 is 19.5 Å².